The van der Waals surface area contributed by atoms with E-state index < -0.39 is 18.2 Å². The molecule has 2 N–H and O–H groups in total. The van der Waals surface area contributed by atoms with Crippen LogP contribution in [-0.2, 0) is 6.61 Å². The van der Waals surface area contributed by atoms with Crippen LogP contribution in [0.1, 0.15) is 24.4 Å². The van der Waals surface area contributed by atoms with E-state index in [0.717, 1.165) is 12.1 Å². The summed E-state index contributed by atoms with van der Waals surface area (Å²) in [4.78, 5) is 8.14. The Balaban J connectivity index is 1.71. The summed E-state index contributed by atoms with van der Waals surface area (Å²) in [5, 5.41) is 7.76. The molecule has 0 fully saturated rings. The number of nitrogens with two attached hydrogens (primary N) is 1. The van der Waals surface area contributed by atoms with Crippen molar-refractivity contribution in [1.82, 2.24) is 25.0 Å². The lowest BCUT2D eigenvalue weighted by atomic mass is 10.2. The Kier molecular flexibility index (Phi) is 5.50. The summed E-state index contributed by atoms with van der Waals surface area (Å²) in [5.74, 6) is -1.49. The van der Waals surface area contributed by atoms with Crippen LogP contribution in [0.5, 0.6) is 11.8 Å². The van der Waals surface area contributed by atoms with Gasteiger partial charge in [0.1, 0.15) is 12.3 Å². The molecule has 1 aromatic carbocycles. The van der Waals surface area contributed by atoms with Gasteiger partial charge in [-0.25, -0.2) is 14.1 Å². The molecule has 2 aromatic heterocycles. The Morgan fingerprint density at radius 2 is 2.07 bits per heavy atom. The van der Waals surface area contributed by atoms with Gasteiger partial charge in [-0.2, -0.15) is 13.8 Å². The maximum absolute atomic E-state index is 13.5. The van der Waals surface area contributed by atoms with Gasteiger partial charge in [-0.15, -0.1) is 5.10 Å². The number of halogens is 3. The average molecular weight is 380 g/mol. The van der Waals surface area contributed by atoms with E-state index in [0.29, 0.717) is 17.1 Å². The molecule has 1 unspecified atom stereocenters. The van der Waals surface area contributed by atoms with Gasteiger partial charge in [0.15, 0.2) is 11.6 Å². The van der Waals surface area contributed by atoms with Crippen molar-refractivity contribution >= 4 is 0 Å². The highest BCUT2D eigenvalue weighted by Crippen LogP contribution is 2.22. The third-order valence-corrected chi connectivity index (χ3v) is 3.41. The molecule has 1 atom stereocenters. The molecule has 0 aliphatic heterocycles. The van der Waals surface area contributed by atoms with Gasteiger partial charge in [-0.3, -0.25) is 0 Å². The molecular weight excluding hydrogens is 365 g/mol. The fourth-order valence-electron chi connectivity index (χ4n) is 2.13. The molecule has 2 heterocycles. The fourth-order valence-corrected chi connectivity index (χ4v) is 2.13. The Labute approximate surface area is 151 Å². The van der Waals surface area contributed by atoms with Crippen LogP contribution in [0.25, 0.3) is 5.69 Å². The van der Waals surface area contributed by atoms with Gasteiger partial charge >= 0.3 is 12.6 Å². The quantitative estimate of drug-likeness (QED) is 0.672. The second kappa shape index (κ2) is 7.99. The molecule has 3 rings (SSSR count). The van der Waals surface area contributed by atoms with Gasteiger partial charge in [0, 0.05) is 18.3 Å². The molecule has 142 valence electrons. The maximum atomic E-state index is 13.5. The highest BCUT2D eigenvalue weighted by Gasteiger charge is 2.13. The minimum Gasteiger partial charge on any atom is -0.457 e. The Morgan fingerprint density at radius 3 is 2.81 bits per heavy atom. The molecule has 0 spiro atoms. The molecule has 0 saturated heterocycles. The van der Waals surface area contributed by atoms with Crippen molar-refractivity contribution in [3.8, 4) is 17.4 Å². The number of alkyl halides is 2. The second-order valence-corrected chi connectivity index (χ2v) is 5.49. The predicted octanol–water partition coefficient (Wildman–Crippen LogP) is 2.40. The van der Waals surface area contributed by atoms with E-state index in [1.807, 2.05) is 0 Å². The van der Waals surface area contributed by atoms with Crippen LogP contribution in [0.4, 0.5) is 13.2 Å². The summed E-state index contributed by atoms with van der Waals surface area (Å²) in [6.45, 7) is -1.34. The van der Waals surface area contributed by atoms with E-state index in [-0.39, 0.29) is 18.7 Å². The number of hydrogen-bond acceptors (Lipinski definition) is 7. The minimum atomic E-state index is -3.14. The van der Waals surface area contributed by atoms with Crippen molar-refractivity contribution in [2.45, 2.75) is 26.2 Å². The van der Waals surface area contributed by atoms with Crippen molar-refractivity contribution in [3.05, 3.63) is 53.9 Å². The SMILES string of the molecule is CC(N)c1ccnc(OCc2cn(-c3ccc(F)c(OC(F)F)c3)nn2)n1. The van der Waals surface area contributed by atoms with Crippen LogP contribution in [-0.4, -0.2) is 31.6 Å². The van der Waals surface area contributed by atoms with E-state index in [9.17, 15) is 13.2 Å². The zero-order valence-corrected chi connectivity index (χ0v) is 14.1. The molecule has 0 aliphatic rings. The number of benzene rings is 1. The van der Waals surface area contributed by atoms with E-state index >= 15 is 0 Å². The van der Waals surface area contributed by atoms with E-state index in [2.05, 4.69) is 25.0 Å². The number of rotatable bonds is 7. The summed E-state index contributed by atoms with van der Waals surface area (Å²) in [5.41, 5.74) is 7.10. The smallest absolute Gasteiger partial charge is 0.387 e. The zero-order chi connectivity index (χ0) is 19.4. The molecule has 11 heteroatoms. The highest BCUT2D eigenvalue weighted by atomic mass is 19.3. The van der Waals surface area contributed by atoms with Crippen LogP contribution in [0.15, 0.2) is 36.7 Å². The number of aromatic nitrogens is 5. The van der Waals surface area contributed by atoms with E-state index in [1.165, 1.54) is 23.1 Å². The lowest BCUT2D eigenvalue weighted by molar-refractivity contribution is -0.0521. The van der Waals surface area contributed by atoms with Crippen molar-refractivity contribution in [3.63, 3.8) is 0 Å². The van der Waals surface area contributed by atoms with Crippen molar-refractivity contribution in [2.75, 3.05) is 0 Å². The molecule has 0 amide bonds. The number of nitrogens with zero attached hydrogens (tertiary/aromatic N) is 5. The summed E-state index contributed by atoms with van der Waals surface area (Å²) in [7, 11) is 0. The first kappa shape index (κ1) is 18.6. The number of hydrogen-bond donors (Lipinski definition) is 1. The van der Waals surface area contributed by atoms with E-state index in [1.54, 1.807) is 13.0 Å². The summed E-state index contributed by atoms with van der Waals surface area (Å²) in [6.07, 6.45) is 3.02. The molecule has 27 heavy (non-hydrogen) atoms. The second-order valence-electron chi connectivity index (χ2n) is 5.49. The summed E-state index contributed by atoms with van der Waals surface area (Å²) in [6, 6.07) is 4.99. The average Bonchev–Trinajstić information content (AvgIpc) is 3.11. The largest absolute Gasteiger partial charge is 0.457 e. The van der Waals surface area contributed by atoms with Crippen LogP contribution in [0, 0.1) is 5.82 Å². The van der Waals surface area contributed by atoms with Crippen molar-refractivity contribution < 1.29 is 22.6 Å². The van der Waals surface area contributed by atoms with Gasteiger partial charge < -0.3 is 15.2 Å². The van der Waals surface area contributed by atoms with Gasteiger partial charge in [-0.1, -0.05) is 5.21 Å². The fraction of sp³-hybridized carbons (Fsp3) is 0.250. The molecule has 0 aliphatic carbocycles. The topological polar surface area (TPSA) is 101 Å². The van der Waals surface area contributed by atoms with Crippen molar-refractivity contribution in [1.29, 1.82) is 0 Å². The van der Waals surface area contributed by atoms with Gasteiger partial charge in [0.2, 0.25) is 0 Å². The van der Waals surface area contributed by atoms with Crippen LogP contribution < -0.4 is 15.2 Å². The third kappa shape index (κ3) is 4.70. The minimum absolute atomic E-state index is 0.0178. The van der Waals surface area contributed by atoms with E-state index in [4.69, 9.17) is 10.5 Å². The first-order valence-electron chi connectivity index (χ1n) is 7.79. The highest BCUT2D eigenvalue weighted by molar-refractivity contribution is 5.39. The Morgan fingerprint density at radius 1 is 1.26 bits per heavy atom. The zero-order valence-electron chi connectivity index (χ0n) is 14.1. The monoisotopic (exact) mass is 380 g/mol. The Bertz CT molecular complexity index is 919. The van der Waals surface area contributed by atoms with Gasteiger partial charge in [-0.05, 0) is 25.1 Å². The summed E-state index contributed by atoms with van der Waals surface area (Å²) >= 11 is 0. The van der Waals surface area contributed by atoms with Crippen molar-refractivity contribution in [2.24, 2.45) is 5.73 Å². The Hall–Kier alpha value is -3.21. The molecule has 0 saturated carbocycles. The first-order chi connectivity index (χ1) is 12.9. The van der Waals surface area contributed by atoms with Gasteiger partial charge in [0.05, 0.1) is 17.6 Å². The molecule has 8 nitrogen and oxygen atoms in total. The molecular formula is C16H15F3N6O2. The predicted molar refractivity (Wildman–Crippen MR) is 86.9 cm³/mol. The van der Waals surface area contributed by atoms with Gasteiger partial charge in [0.25, 0.3) is 0 Å². The lowest BCUT2D eigenvalue weighted by Crippen LogP contribution is -2.09. The third-order valence-electron chi connectivity index (χ3n) is 3.41. The maximum Gasteiger partial charge on any atom is 0.387 e. The van der Waals surface area contributed by atoms with Crippen LogP contribution in [0.2, 0.25) is 0 Å². The van der Waals surface area contributed by atoms with Crippen LogP contribution >= 0.6 is 0 Å². The normalized spacial score (nSPS) is 12.2. The first-order valence-corrected chi connectivity index (χ1v) is 7.79. The molecule has 0 radical (unpaired) electrons. The van der Waals surface area contributed by atoms with Crippen LogP contribution in [0.3, 0.4) is 0 Å². The molecule has 0 bridgehead atoms. The standard InChI is InChI=1S/C16H15F3N6O2/c1-9(20)13-4-5-21-16(22-13)26-8-10-7-25(24-23-10)11-2-3-12(17)14(6-11)27-15(18)19/h2-7,9,15H,8,20H2,1H3. The summed E-state index contributed by atoms with van der Waals surface area (Å²) < 4.78 is 49.0. The molecule has 3 aromatic rings. The number of ether oxygens (including phenoxy) is 2. The lowest BCUT2D eigenvalue weighted by Gasteiger charge is -2.07.